The number of nitrogens with one attached hydrogen (secondary N) is 1. The lowest BCUT2D eigenvalue weighted by Crippen LogP contribution is -2.40. The normalized spacial score (nSPS) is 11.5. The van der Waals surface area contributed by atoms with E-state index in [4.69, 9.17) is 17.3 Å². The molecule has 3 N–H and O–H groups in total. The Labute approximate surface area is 113 Å². The number of hydrogen-bond acceptors (Lipinski definition) is 2. The summed E-state index contributed by atoms with van der Waals surface area (Å²) < 4.78 is 0. The second-order valence-corrected chi connectivity index (χ2v) is 4.18. The van der Waals surface area contributed by atoms with Crippen LogP contribution < -0.4 is 11.1 Å². The van der Waals surface area contributed by atoms with Crippen molar-refractivity contribution in [2.45, 2.75) is 32.4 Å². The Hall–Kier alpha value is -0.770. The van der Waals surface area contributed by atoms with Gasteiger partial charge in [0.1, 0.15) is 0 Å². The molecule has 17 heavy (non-hydrogen) atoms. The molecule has 0 saturated carbocycles. The first-order chi connectivity index (χ1) is 7.63. The van der Waals surface area contributed by atoms with Crippen molar-refractivity contribution in [1.29, 1.82) is 0 Å². The Morgan fingerprint density at radius 3 is 2.82 bits per heavy atom. The first-order valence-electron chi connectivity index (χ1n) is 5.41. The molecular formula is C12H18Cl2N2O. The second-order valence-electron chi connectivity index (χ2n) is 3.74. The topological polar surface area (TPSA) is 55.1 Å². The van der Waals surface area contributed by atoms with Crippen molar-refractivity contribution >= 4 is 29.9 Å². The van der Waals surface area contributed by atoms with Crippen LogP contribution in [0.25, 0.3) is 0 Å². The molecule has 0 spiro atoms. The molecule has 1 rings (SSSR count). The maximum Gasteiger partial charge on any atom is 0.237 e. The fourth-order valence-corrected chi connectivity index (χ4v) is 1.62. The number of carbonyl (C=O) groups is 1. The second kappa shape index (κ2) is 8.34. The van der Waals surface area contributed by atoms with E-state index >= 15 is 0 Å². The SMILES string of the molecule is CCCC(N)C(=O)NCc1cccc(Cl)c1.Cl. The van der Waals surface area contributed by atoms with Crippen molar-refractivity contribution in [2.75, 3.05) is 0 Å². The van der Waals surface area contributed by atoms with Crippen LogP contribution in [0.2, 0.25) is 5.02 Å². The van der Waals surface area contributed by atoms with Gasteiger partial charge in [0, 0.05) is 11.6 Å². The van der Waals surface area contributed by atoms with Gasteiger partial charge in [-0.1, -0.05) is 37.1 Å². The minimum atomic E-state index is -0.413. The smallest absolute Gasteiger partial charge is 0.237 e. The summed E-state index contributed by atoms with van der Waals surface area (Å²) in [6.45, 7) is 2.47. The summed E-state index contributed by atoms with van der Waals surface area (Å²) in [5, 5.41) is 3.46. The van der Waals surface area contributed by atoms with E-state index in [0.717, 1.165) is 12.0 Å². The highest BCUT2D eigenvalue weighted by Crippen LogP contribution is 2.10. The molecule has 1 unspecified atom stereocenters. The van der Waals surface area contributed by atoms with Gasteiger partial charge in [0.05, 0.1) is 6.04 Å². The number of amides is 1. The minimum Gasteiger partial charge on any atom is -0.351 e. The molecule has 0 saturated heterocycles. The first kappa shape index (κ1) is 16.2. The quantitative estimate of drug-likeness (QED) is 0.868. The van der Waals surface area contributed by atoms with E-state index < -0.39 is 6.04 Å². The number of hydrogen-bond donors (Lipinski definition) is 2. The van der Waals surface area contributed by atoms with Crippen LogP contribution in [0.15, 0.2) is 24.3 Å². The number of rotatable bonds is 5. The molecule has 0 heterocycles. The summed E-state index contributed by atoms with van der Waals surface area (Å²) in [5.74, 6) is -0.109. The van der Waals surface area contributed by atoms with Crippen molar-refractivity contribution in [3.63, 3.8) is 0 Å². The first-order valence-corrected chi connectivity index (χ1v) is 5.79. The van der Waals surface area contributed by atoms with Gasteiger partial charge in [-0.3, -0.25) is 4.79 Å². The zero-order valence-electron chi connectivity index (χ0n) is 9.78. The van der Waals surface area contributed by atoms with E-state index in [1.807, 2.05) is 25.1 Å². The van der Waals surface area contributed by atoms with E-state index in [9.17, 15) is 4.79 Å². The molecule has 0 aliphatic heterocycles. The Bertz CT molecular complexity index is 358. The van der Waals surface area contributed by atoms with Crippen molar-refractivity contribution in [3.05, 3.63) is 34.9 Å². The molecule has 1 atom stereocenters. The van der Waals surface area contributed by atoms with Crippen molar-refractivity contribution in [2.24, 2.45) is 5.73 Å². The Morgan fingerprint density at radius 1 is 1.53 bits per heavy atom. The summed E-state index contributed by atoms with van der Waals surface area (Å²) in [6, 6.07) is 6.99. The van der Waals surface area contributed by atoms with Crippen molar-refractivity contribution in [3.8, 4) is 0 Å². The third kappa shape index (κ3) is 5.91. The molecule has 0 aliphatic rings. The predicted octanol–water partition coefficient (Wildman–Crippen LogP) is 2.51. The van der Waals surface area contributed by atoms with E-state index in [2.05, 4.69) is 5.32 Å². The van der Waals surface area contributed by atoms with E-state index in [0.29, 0.717) is 18.0 Å². The Balaban J connectivity index is 0.00000256. The van der Waals surface area contributed by atoms with Crippen LogP contribution in [0, 0.1) is 0 Å². The van der Waals surface area contributed by atoms with Crippen LogP contribution >= 0.6 is 24.0 Å². The Kier molecular flexibility index (Phi) is 7.96. The average Bonchev–Trinajstić information content (AvgIpc) is 2.26. The van der Waals surface area contributed by atoms with E-state index in [-0.39, 0.29) is 18.3 Å². The molecule has 0 bridgehead atoms. The average molecular weight is 277 g/mol. The van der Waals surface area contributed by atoms with Gasteiger partial charge in [-0.15, -0.1) is 12.4 Å². The largest absolute Gasteiger partial charge is 0.351 e. The van der Waals surface area contributed by atoms with Crippen LogP contribution in [0.1, 0.15) is 25.3 Å². The summed E-state index contributed by atoms with van der Waals surface area (Å²) in [5.41, 5.74) is 6.66. The zero-order valence-corrected chi connectivity index (χ0v) is 11.4. The van der Waals surface area contributed by atoms with Crippen LogP contribution in [0.3, 0.4) is 0 Å². The van der Waals surface area contributed by atoms with Gasteiger partial charge >= 0.3 is 0 Å². The standard InChI is InChI=1S/C12H17ClN2O.ClH/c1-2-4-11(14)12(16)15-8-9-5-3-6-10(13)7-9;/h3,5-7,11H,2,4,8,14H2,1H3,(H,15,16);1H. The molecule has 0 aromatic heterocycles. The predicted molar refractivity (Wildman–Crippen MR) is 73.4 cm³/mol. The third-order valence-corrected chi connectivity index (χ3v) is 2.53. The molecule has 3 nitrogen and oxygen atoms in total. The van der Waals surface area contributed by atoms with Crippen LogP contribution in [-0.4, -0.2) is 11.9 Å². The van der Waals surface area contributed by atoms with Gasteiger partial charge in [0.25, 0.3) is 0 Å². The number of benzene rings is 1. The summed E-state index contributed by atoms with van der Waals surface area (Å²) in [7, 11) is 0. The summed E-state index contributed by atoms with van der Waals surface area (Å²) >= 11 is 5.84. The van der Waals surface area contributed by atoms with Crippen LogP contribution in [-0.2, 0) is 11.3 Å². The molecule has 1 amide bonds. The minimum absolute atomic E-state index is 0. The lowest BCUT2D eigenvalue weighted by molar-refractivity contribution is -0.122. The molecule has 5 heteroatoms. The van der Waals surface area contributed by atoms with Crippen LogP contribution in [0.5, 0.6) is 0 Å². The maximum atomic E-state index is 11.5. The molecule has 0 radical (unpaired) electrons. The highest BCUT2D eigenvalue weighted by atomic mass is 35.5. The Morgan fingerprint density at radius 2 is 2.24 bits per heavy atom. The summed E-state index contributed by atoms with van der Waals surface area (Å²) in [4.78, 5) is 11.5. The molecule has 0 fully saturated rings. The molecular weight excluding hydrogens is 259 g/mol. The number of halogens is 2. The van der Waals surface area contributed by atoms with Crippen molar-refractivity contribution < 1.29 is 4.79 Å². The van der Waals surface area contributed by atoms with Gasteiger partial charge in [-0.05, 0) is 24.1 Å². The zero-order chi connectivity index (χ0) is 12.0. The van der Waals surface area contributed by atoms with Gasteiger partial charge in [0.15, 0.2) is 0 Å². The third-order valence-electron chi connectivity index (χ3n) is 2.29. The monoisotopic (exact) mass is 276 g/mol. The molecule has 96 valence electrons. The van der Waals surface area contributed by atoms with Crippen LogP contribution in [0.4, 0.5) is 0 Å². The molecule has 1 aromatic carbocycles. The number of nitrogens with two attached hydrogens (primary N) is 1. The number of carbonyl (C=O) groups excluding carboxylic acids is 1. The van der Waals surface area contributed by atoms with Gasteiger partial charge in [-0.25, -0.2) is 0 Å². The fraction of sp³-hybridized carbons (Fsp3) is 0.417. The van der Waals surface area contributed by atoms with Gasteiger partial charge in [-0.2, -0.15) is 0 Å². The lowest BCUT2D eigenvalue weighted by atomic mass is 10.1. The molecule has 1 aromatic rings. The highest BCUT2D eigenvalue weighted by molar-refractivity contribution is 6.30. The van der Waals surface area contributed by atoms with Crippen molar-refractivity contribution in [1.82, 2.24) is 5.32 Å². The van der Waals surface area contributed by atoms with E-state index in [1.54, 1.807) is 6.07 Å². The lowest BCUT2D eigenvalue weighted by Gasteiger charge is -2.11. The highest BCUT2D eigenvalue weighted by Gasteiger charge is 2.11. The maximum absolute atomic E-state index is 11.5. The van der Waals surface area contributed by atoms with E-state index in [1.165, 1.54) is 0 Å². The molecule has 0 aliphatic carbocycles. The summed E-state index contributed by atoms with van der Waals surface area (Å²) in [6.07, 6.45) is 1.62. The van der Waals surface area contributed by atoms with Gasteiger partial charge < -0.3 is 11.1 Å². The fourth-order valence-electron chi connectivity index (χ4n) is 1.41. The van der Waals surface area contributed by atoms with Gasteiger partial charge in [0.2, 0.25) is 5.91 Å².